The van der Waals surface area contributed by atoms with Crippen LogP contribution in [0.5, 0.6) is 5.88 Å². The van der Waals surface area contributed by atoms with Crippen LogP contribution in [-0.4, -0.2) is 29.8 Å². The molecule has 4 N–H and O–H groups in total. The third-order valence-electron chi connectivity index (χ3n) is 2.31. The summed E-state index contributed by atoms with van der Waals surface area (Å²) in [6.07, 6.45) is 2.87. The van der Waals surface area contributed by atoms with Gasteiger partial charge in [-0.2, -0.15) is 4.98 Å². The molecule has 0 atom stereocenters. The summed E-state index contributed by atoms with van der Waals surface area (Å²) < 4.78 is 5.31. The molecule has 17 heavy (non-hydrogen) atoms. The Morgan fingerprint density at radius 2 is 2.18 bits per heavy atom. The topological polar surface area (TPSA) is 80.4 Å². The van der Waals surface area contributed by atoms with Gasteiger partial charge in [-0.3, -0.25) is 0 Å². The van der Waals surface area contributed by atoms with Crippen molar-refractivity contribution in [2.75, 3.05) is 30.8 Å². The van der Waals surface area contributed by atoms with Crippen molar-refractivity contribution in [1.82, 2.24) is 4.98 Å². The number of hydrogen-bond donors (Lipinski definition) is 3. The SMILES string of the molecule is CCOc1nc(NCCCCCO)ccc1N. The van der Waals surface area contributed by atoms with E-state index in [1.165, 1.54) is 0 Å². The van der Waals surface area contributed by atoms with Crippen LogP contribution in [0.4, 0.5) is 11.5 Å². The molecular formula is C12H21N3O2. The normalized spacial score (nSPS) is 10.2. The lowest BCUT2D eigenvalue weighted by Gasteiger charge is -2.09. The molecule has 1 aromatic rings. The highest BCUT2D eigenvalue weighted by molar-refractivity contribution is 5.53. The molecule has 0 aliphatic heterocycles. The van der Waals surface area contributed by atoms with Crippen LogP contribution in [0.15, 0.2) is 12.1 Å². The number of nitrogen functional groups attached to an aromatic ring is 1. The first kappa shape index (κ1) is 13.6. The molecule has 5 heteroatoms. The van der Waals surface area contributed by atoms with E-state index in [9.17, 15) is 0 Å². The Labute approximate surface area is 102 Å². The molecule has 0 radical (unpaired) electrons. The van der Waals surface area contributed by atoms with Gasteiger partial charge < -0.3 is 20.9 Å². The highest BCUT2D eigenvalue weighted by Gasteiger charge is 2.02. The lowest BCUT2D eigenvalue weighted by Crippen LogP contribution is -2.06. The summed E-state index contributed by atoms with van der Waals surface area (Å²) in [7, 11) is 0. The van der Waals surface area contributed by atoms with Crippen molar-refractivity contribution in [3.8, 4) is 5.88 Å². The van der Waals surface area contributed by atoms with E-state index in [1.807, 2.05) is 13.0 Å². The molecule has 0 aliphatic rings. The molecule has 0 saturated heterocycles. The second-order valence-corrected chi connectivity index (χ2v) is 3.73. The molecular weight excluding hydrogens is 218 g/mol. The van der Waals surface area contributed by atoms with Gasteiger partial charge in [-0.05, 0) is 38.3 Å². The van der Waals surface area contributed by atoms with Crippen LogP contribution < -0.4 is 15.8 Å². The monoisotopic (exact) mass is 239 g/mol. The van der Waals surface area contributed by atoms with Gasteiger partial charge in [-0.1, -0.05) is 0 Å². The number of aromatic nitrogens is 1. The van der Waals surface area contributed by atoms with Gasteiger partial charge >= 0.3 is 0 Å². The quantitative estimate of drug-likeness (QED) is 0.601. The number of nitrogens with one attached hydrogen (secondary N) is 1. The van der Waals surface area contributed by atoms with Crippen LogP contribution >= 0.6 is 0 Å². The third kappa shape index (κ3) is 4.91. The zero-order chi connectivity index (χ0) is 12.5. The minimum Gasteiger partial charge on any atom is -0.476 e. The van der Waals surface area contributed by atoms with Crippen molar-refractivity contribution in [3.63, 3.8) is 0 Å². The zero-order valence-electron chi connectivity index (χ0n) is 10.3. The largest absolute Gasteiger partial charge is 0.476 e. The first-order valence-electron chi connectivity index (χ1n) is 6.02. The van der Waals surface area contributed by atoms with Crippen molar-refractivity contribution in [2.45, 2.75) is 26.2 Å². The predicted octanol–water partition coefficient (Wildman–Crippen LogP) is 1.64. The average Bonchev–Trinajstić information content (AvgIpc) is 2.33. The molecule has 1 heterocycles. The molecule has 0 bridgehead atoms. The molecule has 0 fully saturated rings. The van der Waals surface area contributed by atoms with E-state index in [1.54, 1.807) is 6.07 Å². The van der Waals surface area contributed by atoms with E-state index in [0.717, 1.165) is 31.6 Å². The summed E-state index contributed by atoms with van der Waals surface area (Å²) in [4.78, 5) is 4.27. The van der Waals surface area contributed by atoms with Gasteiger partial charge in [0, 0.05) is 13.2 Å². The first-order valence-corrected chi connectivity index (χ1v) is 6.02. The fourth-order valence-electron chi connectivity index (χ4n) is 1.43. The number of nitrogens with zero attached hydrogens (tertiary/aromatic N) is 1. The van der Waals surface area contributed by atoms with Gasteiger partial charge in [0.2, 0.25) is 5.88 Å². The maximum absolute atomic E-state index is 8.65. The standard InChI is InChI=1S/C12H21N3O2/c1-2-17-12-10(13)6-7-11(15-12)14-8-4-3-5-9-16/h6-7,16H,2-5,8-9,13H2,1H3,(H,14,15). The second kappa shape index (κ2) is 7.73. The highest BCUT2D eigenvalue weighted by atomic mass is 16.5. The Morgan fingerprint density at radius 3 is 2.88 bits per heavy atom. The van der Waals surface area contributed by atoms with Crippen LogP contribution in [0.3, 0.4) is 0 Å². The number of nitrogens with two attached hydrogens (primary N) is 1. The molecule has 0 saturated carbocycles. The number of ether oxygens (including phenoxy) is 1. The number of hydrogen-bond acceptors (Lipinski definition) is 5. The average molecular weight is 239 g/mol. The molecule has 0 amide bonds. The summed E-state index contributed by atoms with van der Waals surface area (Å²) in [6.45, 7) is 3.55. The lowest BCUT2D eigenvalue weighted by molar-refractivity contribution is 0.283. The van der Waals surface area contributed by atoms with E-state index in [-0.39, 0.29) is 6.61 Å². The van der Waals surface area contributed by atoms with E-state index in [0.29, 0.717) is 18.2 Å². The molecule has 1 rings (SSSR count). The van der Waals surface area contributed by atoms with E-state index in [2.05, 4.69) is 10.3 Å². The van der Waals surface area contributed by atoms with Crippen LogP contribution in [0.25, 0.3) is 0 Å². The van der Waals surface area contributed by atoms with E-state index >= 15 is 0 Å². The van der Waals surface area contributed by atoms with Gasteiger partial charge in [-0.25, -0.2) is 0 Å². The summed E-state index contributed by atoms with van der Waals surface area (Å²) in [6, 6.07) is 3.62. The van der Waals surface area contributed by atoms with Gasteiger partial charge in [0.25, 0.3) is 0 Å². The van der Waals surface area contributed by atoms with Crippen LogP contribution in [0, 0.1) is 0 Å². The van der Waals surface area contributed by atoms with Gasteiger partial charge in [0.15, 0.2) is 0 Å². The van der Waals surface area contributed by atoms with E-state index < -0.39 is 0 Å². The molecule has 1 aromatic heterocycles. The Morgan fingerprint density at radius 1 is 1.35 bits per heavy atom. The summed E-state index contributed by atoms with van der Waals surface area (Å²) in [5.41, 5.74) is 6.28. The minimum atomic E-state index is 0.259. The Kier molecular flexibility index (Phi) is 6.17. The van der Waals surface area contributed by atoms with Crippen molar-refractivity contribution < 1.29 is 9.84 Å². The second-order valence-electron chi connectivity index (χ2n) is 3.73. The molecule has 0 aromatic carbocycles. The first-order chi connectivity index (χ1) is 8.27. The summed E-state index contributed by atoms with van der Waals surface area (Å²) in [5.74, 6) is 1.25. The number of pyridine rings is 1. The molecule has 5 nitrogen and oxygen atoms in total. The van der Waals surface area contributed by atoms with Crippen molar-refractivity contribution in [1.29, 1.82) is 0 Å². The Bertz CT molecular complexity index is 332. The van der Waals surface area contributed by atoms with Crippen molar-refractivity contribution in [3.05, 3.63) is 12.1 Å². The predicted molar refractivity (Wildman–Crippen MR) is 69.2 cm³/mol. The molecule has 0 unspecified atom stereocenters. The molecule has 0 aliphatic carbocycles. The van der Waals surface area contributed by atoms with Crippen LogP contribution in [0.2, 0.25) is 0 Å². The number of aliphatic hydroxyl groups excluding tert-OH is 1. The maximum atomic E-state index is 8.65. The van der Waals surface area contributed by atoms with Crippen LogP contribution in [0.1, 0.15) is 26.2 Å². The van der Waals surface area contributed by atoms with Crippen LogP contribution in [-0.2, 0) is 0 Å². The van der Waals surface area contributed by atoms with Gasteiger partial charge in [0.05, 0.1) is 12.3 Å². The fourth-order valence-corrected chi connectivity index (χ4v) is 1.43. The van der Waals surface area contributed by atoms with E-state index in [4.69, 9.17) is 15.6 Å². The summed E-state index contributed by atoms with van der Waals surface area (Å²) >= 11 is 0. The molecule has 96 valence electrons. The number of rotatable bonds is 8. The Hall–Kier alpha value is -1.49. The number of anilines is 2. The van der Waals surface area contributed by atoms with Crippen molar-refractivity contribution >= 4 is 11.5 Å². The fraction of sp³-hybridized carbons (Fsp3) is 0.583. The third-order valence-corrected chi connectivity index (χ3v) is 2.31. The minimum absolute atomic E-state index is 0.259. The zero-order valence-corrected chi connectivity index (χ0v) is 10.3. The lowest BCUT2D eigenvalue weighted by atomic mass is 10.2. The summed E-state index contributed by atoms with van der Waals surface area (Å²) in [5, 5.41) is 11.8. The maximum Gasteiger partial charge on any atom is 0.239 e. The highest BCUT2D eigenvalue weighted by Crippen LogP contribution is 2.20. The molecule has 0 spiro atoms. The van der Waals surface area contributed by atoms with Crippen molar-refractivity contribution in [2.24, 2.45) is 0 Å². The smallest absolute Gasteiger partial charge is 0.239 e. The number of unbranched alkanes of at least 4 members (excludes halogenated alkanes) is 2. The van der Waals surface area contributed by atoms with Gasteiger partial charge in [-0.15, -0.1) is 0 Å². The Balaban J connectivity index is 2.40. The number of aliphatic hydroxyl groups is 1. The van der Waals surface area contributed by atoms with Gasteiger partial charge in [0.1, 0.15) is 5.82 Å².